The van der Waals surface area contributed by atoms with Crippen LogP contribution in [0.5, 0.6) is 11.5 Å². The van der Waals surface area contributed by atoms with Crippen LogP contribution in [-0.4, -0.2) is 25.6 Å². The number of ether oxygens (including phenoxy) is 2. The molecule has 114 valence electrons. The Morgan fingerprint density at radius 1 is 0.682 bits per heavy atom. The Morgan fingerprint density at radius 2 is 1.05 bits per heavy atom. The molecule has 0 N–H and O–H groups in total. The van der Waals surface area contributed by atoms with Gasteiger partial charge in [0.05, 0.1) is 25.6 Å². The maximum Gasteiger partial charge on any atom is 0.127 e. The first-order chi connectivity index (χ1) is 10.7. The van der Waals surface area contributed by atoms with E-state index in [2.05, 4.69) is 10.2 Å². The highest BCUT2D eigenvalue weighted by Gasteiger charge is 2.06. The topological polar surface area (TPSA) is 43.2 Å². The van der Waals surface area contributed by atoms with Crippen LogP contribution in [0.15, 0.2) is 58.7 Å². The van der Waals surface area contributed by atoms with E-state index in [1.807, 2.05) is 62.4 Å². The Balaban J connectivity index is 2.32. The molecular weight excluding hydrogens is 276 g/mol. The molecule has 4 nitrogen and oxygen atoms in total. The molecule has 0 bridgehead atoms. The fourth-order valence-corrected chi connectivity index (χ4v) is 2.14. The Labute approximate surface area is 131 Å². The number of nitrogens with zero attached hydrogens (tertiary/aromatic N) is 2. The molecule has 0 saturated carbocycles. The van der Waals surface area contributed by atoms with E-state index in [0.29, 0.717) is 0 Å². The zero-order chi connectivity index (χ0) is 15.9. The highest BCUT2D eigenvalue weighted by molar-refractivity contribution is 6.04. The predicted octanol–water partition coefficient (Wildman–Crippen LogP) is 3.94. The van der Waals surface area contributed by atoms with Crippen LogP contribution < -0.4 is 9.47 Å². The Morgan fingerprint density at radius 3 is 1.41 bits per heavy atom. The van der Waals surface area contributed by atoms with Gasteiger partial charge in [0.15, 0.2) is 0 Å². The second kappa shape index (κ2) is 7.41. The monoisotopic (exact) mass is 296 g/mol. The van der Waals surface area contributed by atoms with Crippen molar-refractivity contribution >= 4 is 11.4 Å². The lowest BCUT2D eigenvalue weighted by molar-refractivity contribution is 0.413. The van der Waals surface area contributed by atoms with Gasteiger partial charge in [-0.2, -0.15) is 10.2 Å². The Bertz CT molecular complexity index is 644. The van der Waals surface area contributed by atoms with Gasteiger partial charge in [0, 0.05) is 11.1 Å². The molecule has 0 aromatic heterocycles. The minimum Gasteiger partial charge on any atom is -0.496 e. The van der Waals surface area contributed by atoms with Crippen LogP contribution in [0.25, 0.3) is 0 Å². The molecule has 0 unspecified atom stereocenters. The molecule has 0 aliphatic heterocycles. The van der Waals surface area contributed by atoms with Crippen molar-refractivity contribution in [3.8, 4) is 11.5 Å². The summed E-state index contributed by atoms with van der Waals surface area (Å²) in [6.45, 7) is 3.83. The molecule has 2 aromatic rings. The highest BCUT2D eigenvalue weighted by atomic mass is 16.5. The van der Waals surface area contributed by atoms with Gasteiger partial charge in [-0.3, -0.25) is 0 Å². The number of rotatable bonds is 5. The first-order valence-electron chi connectivity index (χ1n) is 7.03. The largest absolute Gasteiger partial charge is 0.496 e. The lowest BCUT2D eigenvalue weighted by Gasteiger charge is -2.08. The van der Waals surface area contributed by atoms with Crippen molar-refractivity contribution in [2.75, 3.05) is 14.2 Å². The molecule has 0 amide bonds. The van der Waals surface area contributed by atoms with E-state index in [-0.39, 0.29) is 0 Å². The minimum absolute atomic E-state index is 0.786. The van der Waals surface area contributed by atoms with E-state index in [0.717, 1.165) is 34.0 Å². The van der Waals surface area contributed by atoms with Gasteiger partial charge in [0.2, 0.25) is 0 Å². The lowest BCUT2D eigenvalue weighted by atomic mass is 10.1. The van der Waals surface area contributed by atoms with Gasteiger partial charge in [-0.05, 0) is 38.1 Å². The third-order valence-electron chi connectivity index (χ3n) is 3.34. The van der Waals surface area contributed by atoms with Crippen LogP contribution in [0.4, 0.5) is 0 Å². The Hall–Kier alpha value is -2.62. The molecule has 0 atom stereocenters. The summed E-state index contributed by atoms with van der Waals surface area (Å²) in [6, 6.07) is 15.5. The van der Waals surface area contributed by atoms with E-state index in [1.165, 1.54) is 0 Å². The van der Waals surface area contributed by atoms with Crippen molar-refractivity contribution in [2.24, 2.45) is 10.2 Å². The zero-order valence-corrected chi connectivity index (χ0v) is 13.3. The van der Waals surface area contributed by atoms with Gasteiger partial charge in [0.25, 0.3) is 0 Å². The smallest absolute Gasteiger partial charge is 0.127 e. The fourth-order valence-electron chi connectivity index (χ4n) is 2.14. The average Bonchev–Trinajstić information content (AvgIpc) is 2.59. The van der Waals surface area contributed by atoms with Gasteiger partial charge in [-0.25, -0.2) is 0 Å². The second-order valence-corrected chi connectivity index (χ2v) is 4.77. The molecule has 2 aromatic carbocycles. The van der Waals surface area contributed by atoms with Crippen LogP contribution in [0.1, 0.15) is 25.0 Å². The van der Waals surface area contributed by atoms with E-state index in [4.69, 9.17) is 9.47 Å². The first kappa shape index (κ1) is 15.8. The summed E-state index contributed by atoms with van der Waals surface area (Å²) in [5, 5.41) is 8.65. The van der Waals surface area contributed by atoms with E-state index < -0.39 is 0 Å². The standard InChI is InChI=1S/C18H20N2O2/c1-13(15-9-5-7-11-17(15)21-3)19-20-14(2)16-10-6-8-12-18(16)22-4/h5-12H,1-4H3/b19-13-,20-14+. The van der Waals surface area contributed by atoms with E-state index >= 15 is 0 Å². The van der Waals surface area contributed by atoms with Crippen LogP contribution in [0.3, 0.4) is 0 Å². The van der Waals surface area contributed by atoms with Gasteiger partial charge in [-0.15, -0.1) is 0 Å². The van der Waals surface area contributed by atoms with Crippen molar-refractivity contribution in [1.29, 1.82) is 0 Å². The van der Waals surface area contributed by atoms with Crippen molar-refractivity contribution in [3.63, 3.8) is 0 Å². The minimum atomic E-state index is 0.786. The lowest BCUT2D eigenvalue weighted by Crippen LogP contribution is -2.01. The molecular formula is C18H20N2O2. The van der Waals surface area contributed by atoms with Crippen molar-refractivity contribution in [1.82, 2.24) is 0 Å². The molecule has 0 saturated heterocycles. The van der Waals surface area contributed by atoms with E-state index in [1.54, 1.807) is 14.2 Å². The van der Waals surface area contributed by atoms with Crippen molar-refractivity contribution in [2.45, 2.75) is 13.8 Å². The van der Waals surface area contributed by atoms with Crippen LogP contribution in [-0.2, 0) is 0 Å². The fraction of sp³-hybridized carbons (Fsp3) is 0.222. The quantitative estimate of drug-likeness (QED) is 0.619. The van der Waals surface area contributed by atoms with Crippen LogP contribution in [0.2, 0.25) is 0 Å². The summed E-state index contributed by atoms with van der Waals surface area (Å²) in [4.78, 5) is 0. The molecule has 2 rings (SSSR count). The summed E-state index contributed by atoms with van der Waals surface area (Å²) < 4.78 is 10.7. The van der Waals surface area contributed by atoms with Gasteiger partial charge in [0.1, 0.15) is 11.5 Å². The summed E-state index contributed by atoms with van der Waals surface area (Å²) in [5.41, 5.74) is 3.46. The Kier molecular flexibility index (Phi) is 5.31. The summed E-state index contributed by atoms with van der Waals surface area (Å²) in [7, 11) is 3.30. The van der Waals surface area contributed by atoms with Crippen molar-refractivity contribution < 1.29 is 9.47 Å². The molecule has 0 aliphatic rings. The molecule has 0 heterocycles. The number of hydrogen-bond acceptors (Lipinski definition) is 4. The predicted molar refractivity (Wildman–Crippen MR) is 90.4 cm³/mol. The summed E-state index contributed by atoms with van der Waals surface area (Å²) in [5.74, 6) is 1.57. The number of para-hydroxylation sites is 2. The third-order valence-corrected chi connectivity index (χ3v) is 3.34. The third kappa shape index (κ3) is 3.52. The number of methoxy groups -OCH3 is 2. The van der Waals surface area contributed by atoms with Crippen LogP contribution >= 0.6 is 0 Å². The average molecular weight is 296 g/mol. The van der Waals surface area contributed by atoms with Crippen LogP contribution in [0, 0.1) is 0 Å². The molecule has 0 radical (unpaired) electrons. The maximum atomic E-state index is 5.35. The zero-order valence-electron chi connectivity index (χ0n) is 13.3. The summed E-state index contributed by atoms with van der Waals surface area (Å²) in [6.07, 6.45) is 0. The maximum absolute atomic E-state index is 5.35. The number of hydrogen-bond donors (Lipinski definition) is 0. The van der Waals surface area contributed by atoms with Gasteiger partial charge in [-0.1, -0.05) is 24.3 Å². The summed E-state index contributed by atoms with van der Waals surface area (Å²) >= 11 is 0. The van der Waals surface area contributed by atoms with Gasteiger partial charge < -0.3 is 9.47 Å². The second-order valence-electron chi connectivity index (χ2n) is 4.77. The van der Waals surface area contributed by atoms with Crippen molar-refractivity contribution in [3.05, 3.63) is 59.7 Å². The molecule has 4 heteroatoms. The first-order valence-corrected chi connectivity index (χ1v) is 7.03. The van der Waals surface area contributed by atoms with Gasteiger partial charge >= 0.3 is 0 Å². The highest BCUT2D eigenvalue weighted by Crippen LogP contribution is 2.20. The van der Waals surface area contributed by atoms with E-state index in [9.17, 15) is 0 Å². The number of benzene rings is 2. The molecule has 0 fully saturated rings. The molecule has 22 heavy (non-hydrogen) atoms. The SMILES string of the molecule is COc1ccccc1/C(C)=N\N=C(/C)c1ccccc1OC. The molecule has 0 aliphatic carbocycles. The molecule has 0 spiro atoms. The normalized spacial score (nSPS) is 12.2.